The summed E-state index contributed by atoms with van der Waals surface area (Å²) < 4.78 is 0. The molecule has 0 aromatic carbocycles. The summed E-state index contributed by atoms with van der Waals surface area (Å²) in [5.41, 5.74) is 10.8. The van der Waals surface area contributed by atoms with Crippen molar-refractivity contribution < 1.29 is 67.7 Å². The van der Waals surface area contributed by atoms with Gasteiger partial charge in [-0.1, -0.05) is 20.3 Å². The second-order valence-corrected chi connectivity index (χ2v) is 18.9. The predicted octanol–water partition coefficient (Wildman–Crippen LogP) is 0.0772. The van der Waals surface area contributed by atoms with Crippen molar-refractivity contribution in [3.05, 3.63) is 0 Å². The zero-order valence-corrected chi connectivity index (χ0v) is 40.4. The average Bonchev–Trinajstić information content (AvgIpc) is 3.94. The first-order chi connectivity index (χ1) is 31.9. The van der Waals surface area contributed by atoms with E-state index in [1.54, 1.807) is 0 Å². The maximum atomic E-state index is 13.6. The van der Waals surface area contributed by atoms with Gasteiger partial charge in [0.05, 0.1) is 49.2 Å². The normalized spacial score (nSPS) is 19.0. The standard InChI is InChI=1S/C47H75N7O14/c1-27(2)19-31(46(67)51-28(3)38(58)13-16-44(64)54-18-8-10-37(54)41(61)21-30(29(4)55)9-6-7-17-48)20-34(57)26-53(5)47(68)32(23-45(65)66)22-40(60)35(11-14-42(49)62)52-43(63)15-12-39(59)36-24-33(56)25-50-36/h27-28,30-33,35-37,50,56H,6-26,48H2,1-5H3,(H2,49,62)(H,51,67)(H,52,63)(H,65,66)/t28-,30+,31+,32-,33+,35-,36-,37-/m0/s1. The quantitative estimate of drug-likeness (QED) is 0.0420. The smallest absolute Gasteiger partial charge is 0.304 e. The number of hydrogen-bond acceptors (Lipinski definition) is 15. The lowest BCUT2D eigenvalue weighted by Crippen LogP contribution is -2.45. The van der Waals surface area contributed by atoms with E-state index in [-0.39, 0.29) is 99.9 Å². The average molecular weight is 962 g/mol. The van der Waals surface area contributed by atoms with Crippen LogP contribution >= 0.6 is 0 Å². The van der Waals surface area contributed by atoms with E-state index < -0.39 is 114 Å². The van der Waals surface area contributed by atoms with E-state index in [0.29, 0.717) is 38.8 Å². The van der Waals surface area contributed by atoms with Crippen molar-refractivity contribution in [2.24, 2.45) is 35.1 Å². The molecule has 2 aliphatic heterocycles. The number of carboxylic acids is 1. The fraction of sp³-hybridized carbons (Fsp3) is 0.745. The highest BCUT2D eigenvalue weighted by molar-refractivity contribution is 5.98. The zero-order chi connectivity index (χ0) is 51.2. The van der Waals surface area contributed by atoms with Gasteiger partial charge in [0.2, 0.25) is 29.5 Å². The van der Waals surface area contributed by atoms with Gasteiger partial charge in [0.1, 0.15) is 11.6 Å². The Hall–Kier alpha value is -5.28. The van der Waals surface area contributed by atoms with Crippen LogP contribution in [0.5, 0.6) is 0 Å². The molecule has 0 saturated carbocycles. The molecule has 0 aromatic heterocycles. The van der Waals surface area contributed by atoms with Crippen LogP contribution in [-0.4, -0.2) is 154 Å². The van der Waals surface area contributed by atoms with Gasteiger partial charge in [0, 0.05) is 83.3 Å². The van der Waals surface area contributed by atoms with Crippen LogP contribution < -0.4 is 27.4 Å². The van der Waals surface area contributed by atoms with Gasteiger partial charge in [-0.05, 0) is 71.3 Å². The number of carbonyl (C=O) groups is 12. The van der Waals surface area contributed by atoms with Crippen LogP contribution in [0.15, 0.2) is 0 Å². The molecule has 21 heteroatoms. The number of nitrogens with zero attached hydrogens (tertiary/aromatic N) is 2. The molecule has 2 heterocycles. The van der Waals surface area contributed by atoms with Crippen molar-refractivity contribution in [1.29, 1.82) is 0 Å². The molecule has 0 aromatic rings. The Balaban J connectivity index is 2.02. The number of amides is 5. The number of unbranched alkanes of at least 4 members (excludes halogenated alkanes) is 1. The zero-order valence-electron chi connectivity index (χ0n) is 40.4. The highest BCUT2D eigenvalue weighted by atomic mass is 16.4. The number of likely N-dealkylation sites (N-methyl/N-ethyl adjacent to an activating group) is 1. The number of carboxylic acid groups (broad SMARTS) is 1. The van der Waals surface area contributed by atoms with Crippen LogP contribution in [0.1, 0.15) is 137 Å². The molecular formula is C47H75N7O14. The van der Waals surface area contributed by atoms with E-state index in [4.69, 9.17) is 11.5 Å². The van der Waals surface area contributed by atoms with Crippen LogP contribution in [-0.2, 0) is 57.5 Å². The molecule has 8 atom stereocenters. The minimum atomic E-state index is -1.49. The molecule has 382 valence electrons. The summed E-state index contributed by atoms with van der Waals surface area (Å²) in [6, 6.07) is -3.71. The van der Waals surface area contributed by atoms with Crippen molar-refractivity contribution >= 4 is 70.2 Å². The van der Waals surface area contributed by atoms with Gasteiger partial charge in [0.15, 0.2) is 23.1 Å². The fourth-order valence-corrected chi connectivity index (χ4v) is 8.69. The Morgan fingerprint density at radius 2 is 1.49 bits per heavy atom. The van der Waals surface area contributed by atoms with Crippen molar-refractivity contribution in [1.82, 2.24) is 25.8 Å². The van der Waals surface area contributed by atoms with Crippen LogP contribution in [0.4, 0.5) is 0 Å². The second-order valence-electron chi connectivity index (χ2n) is 18.9. The van der Waals surface area contributed by atoms with Crippen LogP contribution in [0.25, 0.3) is 0 Å². The van der Waals surface area contributed by atoms with Crippen molar-refractivity contribution in [2.75, 3.05) is 33.2 Å². The van der Waals surface area contributed by atoms with E-state index >= 15 is 0 Å². The minimum absolute atomic E-state index is 0.0264. The maximum absolute atomic E-state index is 13.6. The van der Waals surface area contributed by atoms with E-state index in [0.717, 1.165) is 11.3 Å². The Labute approximate surface area is 398 Å². The van der Waals surface area contributed by atoms with Crippen molar-refractivity contribution in [2.45, 2.75) is 167 Å². The maximum Gasteiger partial charge on any atom is 0.304 e. The van der Waals surface area contributed by atoms with Gasteiger partial charge in [-0.15, -0.1) is 0 Å². The van der Waals surface area contributed by atoms with E-state index in [2.05, 4.69) is 16.0 Å². The molecule has 0 bridgehead atoms. The number of aliphatic hydroxyl groups excluding tert-OH is 1. The number of hydrogen-bond donors (Lipinski definition) is 7. The van der Waals surface area contributed by atoms with E-state index in [1.807, 2.05) is 13.8 Å². The Kier molecular flexibility index (Phi) is 25.6. The highest BCUT2D eigenvalue weighted by Crippen LogP contribution is 2.25. The van der Waals surface area contributed by atoms with Gasteiger partial charge in [-0.3, -0.25) is 57.5 Å². The SMILES string of the molecule is CC(=O)[C@H](CCCCN)CC(=O)[C@@H]1CCCN1C(=O)CCC(=O)[C@H](C)NC(=O)[C@@H](CC(=O)CN(C)C(=O)[C@H](CC(=O)O)CC(=O)[C@H](CCC(N)=O)NC(=O)CCC(=O)[C@@H]1C[C@@H](O)CN1)CC(C)C. The summed E-state index contributed by atoms with van der Waals surface area (Å²) >= 11 is 0. The summed E-state index contributed by atoms with van der Waals surface area (Å²) in [7, 11) is 1.23. The number of ketones is 6. The third-order valence-corrected chi connectivity index (χ3v) is 12.5. The molecule has 68 heavy (non-hydrogen) atoms. The van der Waals surface area contributed by atoms with Gasteiger partial charge < -0.3 is 47.4 Å². The van der Waals surface area contributed by atoms with Crippen molar-refractivity contribution in [3.63, 3.8) is 0 Å². The molecule has 0 aliphatic carbocycles. The van der Waals surface area contributed by atoms with E-state index in [9.17, 15) is 67.7 Å². The number of β-amino-alcohol motifs (C(OH)–C–C–N with tert-alkyl or cyclic N) is 1. The summed E-state index contributed by atoms with van der Waals surface area (Å²) in [5.74, 6) is -10.2. The highest BCUT2D eigenvalue weighted by Gasteiger charge is 2.37. The monoisotopic (exact) mass is 962 g/mol. The lowest BCUT2D eigenvalue weighted by molar-refractivity contribution is -0.146. The number of aliphatic hydroxyl groups is 1. The first-order valence-electron chi connectivity index (χ1n) is 23.8. The summed E-state index contributed by atoms with van der Waals surface area (Å²) in [6.45, 7) is 7.04. The van der Waals surface area contributed by atoms with Gasteiger partial charge in [-0.25, -0.2) is 0 Å². The number of likely N-dealkylation sites (tertiary alicyclic amines) is 1. The lowest BCUT2D eigenvalue weighted by Gasteiger charge is -2.26. The number of primary amides is 1. The Bertz CT molecular complexity index is 1840. The largest absolute Gasteiger partial charge is 0.481 e. The van der Waals surface area contributed by atoms with Crippen LogP contribution in [0, 0.1) is 23.7 Å². The minimum Gasteiger partial charge on any atom is -0.481 e. The van der Waals surface area contributed by atoms with Gasteiger partial charge >= 0.3 is 5.97 Å². The summed E-state index contributed by atoms with van der Waals surface area (Å²) in [4.78, 5) is 157. The molecule has 0 radical (unpaired) electrons. The first kappa shape index (κ1) is 58.8. The van der Waals surface area contributed by atoms with Crippen LogP contribution in [0.2, 0.25) is 0 Å². The van der Waals surface area contributed by atoms with Crippen LogP contribution in [0.3, 0.4) is 0 Å². The number of nitrogens with two attached hydrogens (primary N) is 2. The van der Waals surface area contributed by atoms with Gasteiger partial charge in [-0.2, -0.15) is 0 Å². The topological polar surface area (TPSA) is 340 Å². The fourth-order valence-electron chi connectivity index (χ4n) is 8.69. The lowest BCUT2D eigenvalue weighted by atomic mass is 9.90. The molecule has 5 amide bonds. The number of rotatable bonds is 34. The number of nitrogens with one attached hydrogen (secondary N) is 3. The molecule has 2 aliphatic rings. The predicted molar refractivity (Wildman–Crippen MR) is 246 cm³/mol. The summed E-state index contributed by atoms with van der Waals surface area (Å²) in [6.07, 6.45) is -0.653. The summed E-state index contributed by atoms with van der Waals surface area (Å²) in [5, 5.41) is 27.3. The Morgan fingerprint density at radius 3 is 2.07 bits per heavy atom. The van der Waals surface area contributed by atoms with Gasteiger partial charge in [0.25, 0.3) is 0 Å². The molecule has 21 nitrogen and oxygen atoms in total. The molecule has 0 spiro atoms. The molecule has 2 rings (SSSR count). The molecule has 2 saturated heterocycles. The van der Waals surface area contributed by atoms with E-state index in [1.165, 1.54) is 25.8 Å². The molecule has 0 unspecified atom stereocenters. The van der Waals surface area contributed by atoms with Crippen molar-refractivity contribution in [3.8, 4) is 0 Å². The number of aliphatic carboxylic acids is 1. The molecule has 9 N–H and O–H groups in total. The number of carbonyl (C=O) groups excluding carboxylic acids is 11. The first-order valence-corrected chi connectivity index (χ1v) is 23.8. The molecular weight excluding hydrogens is 887 g/mol. The number of Topliss-reactive ketones (excluding diaryl/α,β-unsaturated/α-hetero) is 6. The third kappa shape index (κ3) is 20.9. The Morgan fingerprint density at radius 1 is 0.794 bits per heavy atom. The third-order valence-electron chi connectivity index (χ3n) is 12.5. The molecule has 2 fully saturated rings. The second kappa shape index (κ2) is 29.6.